The third-order valence-electron chi connectivity index (χ3n) is 4.66. The summed E-state index contributed by atoms with van der Waals surface area (Å²) in [6, 6.07) is 1.94. The molecule has 5 nitrogen and oxygen atoms in total. The van der Waals surface area contributed by atoms with Gasteiger partial charge in [-0.15, -0.1) is 0 Å². The van der Waals surface area contributed by atoms with Crippen molar-refractivity contribution in [3.8, 4) is 17.2 Å². The van der Waals surface area contributed by atoms with Gasteiger partial charge in [0, 0.05) is 35.2 Å². The largest absolute Gasteiger partial charge is 0.493 e. The van der Waals surface area contributed by atoms with Crippen molar-refractivity contribution < 1.29 is 19.3 Å². The third kappa shape index (κ3) is 2.59. The van der Waals surface area contributed by atoms with E-state index < -0.39 is 0 Å². The maximum Gasteiger partial charge on any atom is 0.203 e. The highest BCUT2D eigenvalue weighted by Gasteiger charge is 2.26. The van der Waals surface area contributed by atoms with Gasteiger partial charge in [0.2, 0.25) is 5.75 Å². The van der Waals surface area contributed by atoms with Gasteiger partial charge >= 0.3 is 0 Å². The van der Waals surface area contributed by atoms with E-state index in [0.29, 0.717) is 23.2 Å². The van der Waals surface area contributed by atoms with Crippen molar-refractivity contribution in [1.29, 1.82) is 0 Å². The fourth-order valence-electron chi connectivity index (χ4n) is 3.64. The van der Waals surface area contributed by atoms with Gasteiger partial charge in [0.15, 0.2) is 11.5 Å². The molecule has 0 radical (unpaired) electrons. The molecule has 1 aliphatic rings. The van der Waals surface area contributed by atoms with Crippen molar-refractivity contribution >= 4 is 10.8 Å². The van der Waals surface area contributed by atoms with E-state index >= 15 is 0 Å². The summed E-state index contributed by atoms with van der Waals surface area (Å²) in [6.07, 6.45) is 5.75. The summed E-state index contributed by atoms with van der Waals surface area (Å²) < 4.78 is 16.6. The molecule has 1 heterocycles. The Morgan fingerprint density at radius 2 is 1.96 bits per heavy atom. The van der Waals surface area contributed by atoms with Gasteiger partial charge < -0.3 is 19.3 Å². The molecule has 5 heteroatoms. The number of hydrogen-bond acceptors (Lipinski definition) is 5. The molecule has 1 aliphatic carbocycles. The number of benzene rings is 1. The number of methoxy groups -OCH3 is 3. The highest BCUT2D eigenvalue weighted by Crippen LogP contribution is 2.47. The molecule has 0 fully saturated rings. The first-order valence-corrected chi connectivity index (χ1v) is 7.96. The molecule has 23 heavy (non-hydrogen) atoms. The molecular formula is C18H23NO4. The fourth-order valence-corrected chi connectivity index (χ4v) is 3.64. The zero-order chi connectivity index (χ0) is 16.4. The molecule has 2 aromatic rings. The molecule has 3 rings (SSSR count). The lowest BCUT2D eigenvalue weighted by Gasteiger charge is -2.26. The summed E-state index contributed by atoms with van der Waals surface area (Å²) in [7, 11) is 4.89. The maximum absolute atomic E-state index is 9.32. The molecule has 124 valence electrons. The average molecular weight is 317 g/mol. The molecular weight excluding hydrogens is 294 g/mol. The van der Waals surface area contributed by atoms with Crippen LogP contribution in [0.4, 0.5) is 0 Å². The molecule has 0 bridgehead atoms. The van der Waals surface area contributed by atoms with Crippen molar-refractivity contribution in [2.75, 3.05) is 27.9 Å². The number of fused-ring (bicyclic) bond motifs is 3. The quantitative estimate of drug-likeness (QED) is 0.918. The highest BCUT2D eigenvalue weighted by molar-refractivity contribution is 5.95. The van der Waals surface area contributed by atoms with Crippen molar-refractivity contribution in [2.24, 2.45) is 0 Å². The molecule has 1 atom stereocenters. The summed E-state index contributed by atoms with van der Waals surface area (Å²) in [4.78, 5) is 4.69. The Hall–Kier alpha value is -2.01. The predicted molar refractivity (Wildman–Crippen MR) is 88.8 cm³/mol. The minimum absolute atomic E-state index is 0.187. The molecule has 1 aromatic heterocycles. The van der Waals surface area contributed by atoms with Crippen LogP contribution in [0.15, 0.2) is 12.3 Å². The first-order chi connectivity index (χ1) is 11.2. The molecule has 1 unspecified atom stereocenters. The zero-order valence-electron chi connectivity index (χ0n) is 13.9. The normalized spacial score (nSPS) is 17.0. The van der Waals surface area contributed by atoms with Crippen LogP contribution < -0.4 is 14.2 Å². The van der Waals surface area contributed by atoms with E-state index in [9.17, 15) is 5.11 Å². The van der Waals surface area contributed by atoms with Crippen LogP contribution >= 0.6 is 0 Å². The standard InChI is InChI=1S/C18H23NO4/c1-21-14-9-12-10-19-16-11(7-8-20)5-4-6-13(16)15(12)18(23-3)17(14)22-2/h9-11,20H,4-8H2,1-3H3. The van der Waals surface area contributed by atoms with E-state index in [0.717, 1.165) is 42.1 Å². The van der Waals surface area contributed by atoms with Crippen LogP contribution in [0.1, 0.15) is 36.4 Å². The van der Waals surface area contributed by atoms with Gasteiger partial charge in [0.1, 0.15) is 0 Å². The topological polar surface area (TPSA) is 60.8 Å². The minimum atomic E-state index is 0.187. The van der Waals surface area contributed by atoms with Crippen molar-refractivity contribution in [3.63, 3.8) is 0 Å². The van der Waals surface area contributed by atoms with Crippen LogP contribution in [0.2, 0.25) is 0 Å². The number of aryl methyl sites for hydroxylation is 1. The number of pyridine rings is 1. The number of aliphatic hydroxyl groups is 1. The SMILES string of the molecule is COc1cc2cnc3c(c2c(OC)c1OC)CCCC3CCO. The number of nitrogens with zero attached hydrogens (tertiary/aromatic N) is 1. The first-order valence-electron chi connectivity index (χ1n) is 7.96. The van der Waals surface area contributed by atoms with Gasteiger partial charge in [-0.05, 0) is 37.3 Å². The Morgan fingerprint density at radius 3 is 2.61 bits per heavy atom. The van der Waals surface area contributed by atoms with Gasteiger partial charge in [-0.25, -0.2) is 0 Å². The Labute approximate surface area is 136 Å². The second-order valence-electron chi connectivity index (χ2n) is 5.83. The summed E-state index contributed by atoms with van der Waals surface area (Å²) in [5.74, 6) is 2.26. The van der Waals surface area contributed by atoms with E-state index in [2.05, 4.69) is 0 Å². The minimum Gasteiger partial charge on any atom is -0.493 e. The number of aromatic nitrogens is 1. The maximum atomic E-state index is 9.32. The molecule has 1 N–H and O–H groups in total. The van der Waals surface area contributed by atoms with Crippen molar-refractivity contribution in [3.05, 3.63) is 23.5 Å². The fraction of sp³-hybridized carbons (Fsp3) is 0.500. The van der Waals surface area contributed by atoms with E-state index in [1.807, 2.05) is 12.3 Å². The number of aliphatic hydroxyl groups excluding tert-OH is 1. The third-order valence-corrected chi connectivity index (χ3v) is 4.66. The van der Waals surface area contributed by atoms with E-state index in [-0.39, 0.29) is 6.61 Å². The monoisotopic (exact) mass is 317 g/mol. The molecule has 1 aromatic carbocycles. The number of ether oxygens (including phenoxy) is 3. The van der Waals surface area contributed by atoms with Crippen molar-refractivity contribution in [2.45, 2.75) is 31.6 Å². The Morgan fingerprint density at radius 1 is 1.17 bits per heavy atom. The van der Waals surface area contributed by atoms with Crippen LogP contribution in [0.25, 0.3) is 10.8 Å². The zero-order valence-corrected chi connectivity index (χ0v) is 13.9. The lowest BCUT2D eigenvalue weighted by atomic mass is 9.82. The Bertz CT molecular complexity index is 714. The smallest absolute Gasteiger partial charge is 0.203 e. The van der Waals surface area contributed by atoms with Gasteiger partial charge in [-0.2, -0.15) is 0 Å². The van der Waals surface area contributed by atoms with Crippen LogP contribution in [0.3, 0.4) is 0 Å². The van der Waals surface area contributed by atoms with Gasteiger partial charge in [-0.3, -0.25) is 4.98 Å². The molecule has 0 saturated heterocycles. The summed E-state index contributed by atoms with van der Waals surface area (Å²) in [6.45, 7) is 0.187. The number of rotatable bonds is 5. The highest BCUT2D eigenvalue weighted by atomic mass is 16.5. The molecule has 0 aliphatic heterocycles. The van der Waals surface area contributed by atoms with Gasteiger partial charge in [0.05, 0.1) is 21.3 Å². The second-order valence-corrected chi connectivity index (χ2v) is 5.83. The summed E-state index contributed by atoms with van der Waals surface area (Å²) in [5, 5.41) is 11.4. The van der Waals surface area contributed by atoms with Crippen LogP contribution in [0.5, 0.6) is 17.2 Å². The molecule has 0 amide bonds. The second kappa shape index (κ2) is 6.62. The first kappa shape index (κ1) is 15.9. The Balaban J connectivity index is 2.30. The summed E-state index contributed by atoms with van der Waals surface area (Å²) >= 11 is 0. The van der Waals surface area contributed by atoms with Gasteiger partial charge in [-0.1, -0.05) is 0 Å². The molecule has 0 spiro atoms. The Kier molecular flexibility index (Phi) is 4.57. The van der Waals surface area contributed by atoms with E-state index in [1.54, 1.807) is 21.3 Å². The van der Waals surface area contributed by atoms with Gasteiger partial charge in [0.25, 0.3) is 0 Å². The number of hydrogen-bond donors (Lipinski definition) is 1. The molecule has 0 saturated carbocycles. The summed E-state index contributed by atoms with van der Waals surface area (Å²) in [5.41, 5.74) is 2.30. The van der Waals surface area contributed by atoms with Crippen molar-refractivity contribution in [1.82, 2.24) is 4.98 Å². The average Bonchev–Trinajstić information content (AvgIpc) is 2.59. The van der Waals surface area contributed by atoms with Crippen LogP contribution in [-0.2, 0) is 6.42 Å². The van der Waals surface area contributed by atoms with Crippen LogP contribution in [-0.4, -0.2) is 38.0 Å². The van der Waals surface area contributed by atoms with Crippen LogP contribution in [0, 0.1) is 0 Å². The lowest BCUT2D eigenvalue weighted by molar-refractivity contribution is 0.268. The van der Waals surface area contributed by atoms with E-state index in [4.69, 9.17) is 19.2 Å². The predicted octanol–water partition coefficient (Wildman–Crippen LogP) is 3.06. The lowest BCUT2D eigenvalue weighted by Crippen LogP contribution is -2.14. The van der Waals surface area contributed by atoms with E-state index in [1.165, 1.54) is 5.56 Å².